The molecule has 2 N–H and O–H groups in total. The van der Waals surface area contributed by atoms with Crippen molar-refractivity contribution >= 4 is 0 Å². The molecular weight excluding hydrogens is 281 g/mol. The first-order valence-electron chi connectivity index (χ1n) is 6.76. The van der Waals surface area contributed by atoms with Crippen LogP contribution in [-0.2, 0) is 13.0 Å². The highest BCUT2D eigenvalue weighted by Gasteiger charge is 2.21. The standard InChI is InChI=1S/C17H12FN3O/c18-16-6-15-14-2-1-10(7-19)3-12(14)9-22-17(15)5-11(16)4-13(21)8-20/h1-3,5-6,13H,4,9,21H2. The summed E-state index contributed by atoms with van der Waals surface area (Å²) in [7, 11) is 0. The number of hydrogen-bond donors (Lipinski definition) is 1. The van der Waals surface area contributed by atoms with Crippen molar-refractivity contribution in [2.45, 2.75) is 19.1 Å². The van der Waals surface area contributed by atoms with Crippen LogP contribution in [0.1, 0.15) is 16.7 Å². The second kappa shape index (κ2) is 5.48. The van der Waals surface area contributed by atoms with Gasteiger partial charge in [0.2, 0.25) is 0 Å². The molecule has 5 heteroatoms. The molecule has 3 rings (SSSR count). The van der Waals surface area contributed by atoms with Crippen LogP contribution in [0.15, 0.2) is 30.3 Å². The average Bonchev–Trinajstić information content (AvgIpc) is 2.54. The maximum atomic E-state index is 14.2. The molecule has 1 aliphatic rings. The number of fused-ring (bicyclic) bond motifs is 3. The molecule has 1 heterocycles. The van der Waals surface area contributed by atoms with Crippen molar-refractivity contribution in [2.75, 3.05) is 0 Å². The van der Waals surface area contributed by atoms with Crippen molar-refractivity contribution in [3.05, 3.63) is 52.8 Å². The van der Waals surface area contributed by atoms with E-state index in [1.54, 1.807) is 24.3 Å². The van der Waals surface area contributed by atoms with Crippen LogP contribution in [0.25, 0.3) is 11.1 Å². The Morgan fingerprint density at radius 3 is 2.77 bits per heavy atom. The third-order valence-corrected chi connectivity index (χ3v) is 3.66. The topological polar surface area (TPSA) is 82.8 Å². The van der Waals surface area contributed by atoms with Gasteiger partial charge in [0, 0.05) is 12.0 Å². The summed E-state index contributed by atoms with van der Waals surface area (Å²) in [6, 6.07) is 11.5. The first-order chi connectivity index (χ1) is 10.6. The Balaban J connectivity index is 2.06. The molecule has 0 saturated carbocycles. The molecule has 22 heavy (non-hydrogen) atoms. The van der Waals surface area contributed by atoms with Crippen LogP contribution in [0.3, 0.4) is 0 Å². The Morgan fingerprint density at radius 2 is 2.05 bits per heavy atom. The zero-order chi connectivity index (χ0) is 15.7. The van der Waals surface area contributed by atoms with Crippen molar-refractivity contribution in [1.29, 1.82) is 10.5 Å². The third-order valence-electron chi connectivity index (χ3n) is 3.66. The molecule has 0 spiro atoms. The van der Waals surface area contributed by atoms with Crippen LogP contribution in [-0.4, -0.2) is 6.04 Å². The van der Waals surface area contributed by atoms with E-state index in [2.05, 4.69) is 6.07 Å². The molecule has 0 amide bonds. The molecule has 0 aliphatic carbocycles. The average molecular weight is 293 g/mol. The molecule has 1 atom stereocenters. The molecule has 4 nitrogen and oxygen atoms in total. The van der Waals surface area contributed by atoms with Gasteiger partial charge < -0.3 is 10.5 Å². The Bertz CT molecular complexity index is 833. The number of nitrogens with two attached hydrogens (primary N) is 1. The summed E-state index contributed by atoms with van der Waals surface area (Å²) in [5.41, 5.74) is 8.83. The van der Waals surface area contributed by atoms with Crippen LogP contribution in [0.5, 0.6) is 5.75 Å². The minimum absolute atomic E-state index is 0.138. The summed E-state index contributed by atoms with van der Waals surface area (Å²) >= 11 is 0. The molecule has 0 saturated heterocycles. The van der Waals surface area contributed by atoms with Crippen LogP contribution in [0.4, 0.5) is 4.39 Å². The molecule has 0 fully saturated rings. The van der Waals surface area contributed by atoms with Gasteiger partial charge >= 0.3 is 0 Å². The highest BCUT2D eigenvalue weighted by atomic mass is 19.1. The van der Waals surface area contributed by atoms with Crippen molar-refractivity contribution in [1.82, 2.24) is 0 Å². The molecule has 0 radical (unpaired) electrons. The molecule has 1 aliphatic heterocycles. The molecule has 108 valence electrons. The molecular formula is C17H12FN3O. The van der Waals surface area contributed by atoms with Gasteiger partial charge in [-0.05, 0) is 41.0 Å². The number of halogens is 1. The van der Waals surface area contributed by atoms with Crippen LogP contribution in [0.2, 0.25) is 0 Å². The fraction of sp³-hybridized carbons (Fsp3) is 0.176. The summed E-state index contributed by atoms with van der Waals surface area (Å²) in [4.78, 5) is 0. The predicted molar refractivity (Wildman–Crippen MR) is 78.2 cm³/mol. The lowest BCUT2D eigenvalue weighted by Crippen LogP contribution is -2.21. The van der Waals surface area contributed by atoms with Crippen LogP contribution in [0, 0.1) is 28.5 Å². The summed E-state index contributed by atoms with van der Waals surface area (Å²) < 4.78 is 19.9. The largest absolute Gasteiger partial charge is 0.488 e. The van der Waals surface area contributed by atoms with E-state index in [4.69, 9.17) is 21.0 Å². The summed E-state index contributed by atoms with van der Waals surface area (Å²) in [6.45, 7) is 0.327. The lowest BCUT2D eigenvalue weighted by molar-refractivity contribution is 0.301. The highest BCUT2D eigenvalue weighted by Crippen LogP contribution is 2.39. The van der Waals surface area contributed by atoms with Crippen LogP contribution < -0.4 is 10.5 Å². The van der Waals surface area contributed by atoms with E-state index in [0.717, 1.165) is 11.1 Å². The smallest absolute Gasteiger partial charge is 0.128 e. The van der Waals surface area contributed by atoms with E-state index in [1.807, 2.05) is 6.07 Å². The third kappa shape index (κ3) is 2.39. The van der Waals surface area contributed by atoms with Gasteiger partial charge in [-0.2, -0.15) is 10.5 Å². The second-order valence-electron chi connectivity index (χ2n) is 5.15. The molecule has 2 aromatic carbocycles. The zero-order valence-electron chi connectivity index (χ0n) is 11.6. The molecule has 2 aromatic rings. The van der Waals surface area contributed by atoms with E-state index in [9.17, 15) is 4.39 Å². The van der Waals surface area contributed by atoms with E-state index in [-0.39, 0.29) is 6.42 Å². The van der Waals surface area contributed by atoms with Crippen molar-refractivity contribution in [2.24, 2.45) is 5.73 Å². The summed E-state index contributed by atoms with van der Waals surface area (Å²) in [5, 5.41) is 17.7. The van der Waals surface area contributed by atoms with Gasteiger partial charge in [0.15, 0.2) is 0 Å². The quantitative estimate of drug-likeness (QED) is 0.922. The molecule has 0 aromatic heterocycles. The fourth-order valence-electron chi connectivity index (χ4n) is 2.57. The zero-order valence-corrected chi connectivity index (χ0v) is 11.6. The Hall–Kier alpha value is -2.89. The summed E-state index contributed by atoms with van der Waals surface area (Å²) in [5.74, 6) is 0.156. The van der Waals surface area contributed by atoms with Gasteiger partial charge in [-0.1, -0.05) is 6.07 Å². The van der Waals surface area contributed by atoms with Gasteiger partial charge in [0.25, 0.3) is 0 Å². The van der Waals surface area contributed by atoms with Gasteiger partial charge in [-0.15, -0.1) is 0 Å². The van der Waals surface area contributed by atoms with Gasteiger partial charge in [0.05, 0.1) is 23.7 Å². The molecule has 1 unspecified atom stereocenters. The number of ether oxygens (including phenoxy) is 1. The number of nitrogens with zero attached hydrogens (tertiary/aromatic N) is 2. The van der Waals surface area contributed by atoms with E-state index < -0.39 is 11.9 Å². The number of rotatable bonds is 2. The minimum Gasteiger partial charge on any atom is -0.488 e. The number of benzene rings is 2. The normalized spacial score (nSPS) is 13.1. The molecule has 0 bridgehead atoms. The van der Waals surface area contributed by atoms with Gasteiger partial charge in [0.1, 0.15) is 18.2 Å². The van der Waals surface area contributed by atoms with Gasteiger partial charge in [-0.25, -0.2) is 4.39 Å². The van der Waals surface area contributed by atoms with E-state index in [0.29, 0.717) is 29.0 Å². The monoisotopic (exact) mass is 293 g/mol. The predicted octanol–water partition coefficient (Wildman–Crippen LogP) is 2.65. The first-order valence-corrected chi connectivity index (χ1v) is 6.76. The van der Waals surface area contributed by atoms with Crippen molar-refractivity contribution < 1.29 is 9.13 Å². The Morgan fingerprint density at radius 1 is 1.23 bits per heavy atom. The lowest BCUT2D eigenvalue weighted by atomic mass is 9.93. The van der Waals surface area contributed by atoms with Crippen LogP contribution >= 0.6 is 0 Å². The van der Waals surface area contributed by atoms with Crippen molar-refractivity contribution in [3.8, 4) is 29.0 Å². The fourth-order valence-corrected chi connectivity index (χ4v) is 2.57. The minimum atomic E-state index is -0.749. The maximum Gasteiger partial charge on any atom is 0.128 e. The number of hydrogen-bond acceptors (Lipinski definition) is 4. The summed E-state index contributed by atoms with van der Waals surface area (Å²) in [6.07, 6.45) is 0.138. The first kappa shape index (κ1) is 14.1. The Labute approximate surface area is 127 Å². The van der Waals surface area contributed by atoms with E-state index >= 15 is 0 Å². The lowest BCUT2D eigenvalue weighted by Gasteiger charge is -2.22. The van der Waals surface area contributed by atoms with E-state index in [1.165, 1.54) is 6.07 Å². The van der Waals surface area contributed by atoms with Gasteiger partial charge in [-0.3, -0.25) is 0 Å². The highest BCUT2D eigenvalue weighted by molar-refractivity contribution is 5.76. The number of nitriles is 2. The maximum absolute atomic E-state index is 14.2. The van der Waals surface area contributed by atoms with Crippen molar-refractivity contribution in [3.63, 3.8) is 0 Å². The SMILES string of the molecule is N#Cc1ccc2c(c1)COc1cc(CC(N)C#N)c(F)cc1-2. The Kier molecular flexibility index (Phi) is 3.50. The second-order valence-corrected chi connectivity index (χ2v) is 5.15.